The second-order valence-corrected chi connectivity index (χ2v) is 5.22. The van der Waals surface area contributed by atoms with Crippen LogP contribution in [0.25, 0.3) is 0 Å². The Balaban J connectivity index is 2.47. The van der Waals surface area contributed by atoms with E-state index in [4.69, 9.17) is 17.3 Å². The average molecular weight is 240 g/mol. The highest BCUT2D eigenvalue weighted by Crippen LogP contribution is 2.43. The molecule has 0 aromatic heterocycles. The summed E-state index contributed by atoms with van der Waals surface area (Å²) in [6, 6.07) is 3.90. The molecule has 1 aliphatic rings. The number of phenols is 1. The summed E-state index contributed by atoms with van der Waals surface area (Å²) >= 11 is 6.03. The summed E-state index contributed by atoms with van der Waals surface area (Å²) in [4.78, 5) is 0. The molecule has 0 unspecified atom stereocenters. The van der Waals surface area contributed by atoms with Crippen molar-refractivity contribution in [3.63, 3.8) is 0 Å². The number of rotatable bonds is 2. The van der Waals surface area contributed by atoms with E-state index < -0.39 is 0 Å². The topological polar surface area (TPSA) is 46.2 Å². The van der Waals surface area contributed by atoms with Gasteiger partial charge in [0.25, 0.3) is 0 Å². The van der Waals surface area contributed by atoms with Crippen LogP contribution in [0.15, 0.2) is 12.1 Å². The van der Waals surface area contributed by atoms with Crippen LogP contribution in [0.4, 0.5) is 0 Å². The Labute approximate surface area is 101 Å². The smallest absolute Gasteiger partial charge is 0.137 e. The van der Waals surface area contributed by atoms with E-state index in [2.05, 4.69) is 0 Å². The van der Waals surface area contributed by atoms with Gasteiger partial charge in [0.05, 0.1) is 5.02 Å². The molecule has 0 spiro atoms. The number of phenolic OH excluding ortho intramolecular Hbond substituents is 1. The lowest BCUT2D eigenvalue weighted by Crippen LogP contribution is -2.32. The van der Waals surface area contributed by atoms with Crippen LogP contribution in [-0.4, -0.2) is 11.7 Å². The van der Waals surface area contributed by atoms with Gasteiger partial charge in [-0.1, -0.05) is 30.5 Å². The number of hydrogen-bond donors (Lipinski definition) is 2. The first-order valence-corrected chi connectivity index (χ1v) is 6.16. The zero-order chi connectivity index (χ0) is 11.8. The van der Waals surface area contributed by atoms with Crippen molar-refractivity contribution < 1.29 is 5.11 Å². The van der Waals surface area contributed by atoms with Gasteiger partial charge in [0.2, 0.25) is 0 Å². The van der Waals surface area contributed by atoms with Crippen molar-refractivity contribution in [3.8, 4) is 5.75 Å². The first-order valence-electron chi connectivity index (χ1n) is 5.79. The van der Waals surface area contributed by atoms with Crippen LogP contribution in [0, 0.1) is 6.92 Å². The second-order valence-electron chi connectivity index (χ2n) is 4.82. The van der Waals surface area contributed by atoms with E-state index in [1.54, 1.807) is 0 Å². The molecule has 0 bridgehead atoms. The van der Waals surface area contributed by atoms with Crippen LogP contribution >= 0.6 is 11.6 Å². The molecular weight excluding hydrogens is 222 g/mol. The standard InChI is InChI=1S/C13H18ClNO/c1-9-6-10(7-11(14)12(9)16)13(8-15)4-2-3-5-13/h6-7,16H,2-5,8,15H2,1H3. The molecule has 0 amide bonds. The third kappa shape index (κ3) is 1.80. The van der Waals surface area contributed by atoms with Crippen LogP contribution < -0.4 is 5.73 Å². The molecule has 3 heteroatoms. The Morgan fingerprint density at radius 1 is 1.38 bits per heavy atom. The summed E-state index contributed by atoms with van der Waals surface area (Å²) in [5.41, 5.74) is 8.04. The van der Waals surface area contributed by atoms with Gasteiger partial charge in [-0.15, -0.1) is 0 Å². The number of aromatic hydroxyl groups is 1. The number of aryl methyl sites for hydroxylation is 1. The summed E-state index contributed by atoms with van der Waals surface area (Å²) in [7, 11) is 0. The van der Waals surface area contributed by atoms with Crippen molar-refractivity contribution in [2.45, 2.75) is 38.0 Å². The van der Waals surface area contributed by atoms with Gasteiger partial charge in [0.15, 0.2) is 0 Å². The van der Waals surface area contributed by atoms with Crippen LogP contribution in [0.3, 0.4) is 0 Å². The van der Waals surface area contributed by atoms with Crippen molar-refractivity contribution >= 4 is 11.6 Å². The Hall–Kier alpha value is -0.730. The Morgan fingerprint density at radius 3 is 2.50 bits per heavy atom. The summed E-state index contributed by atoms with van der Waals surface area (Å²) in [6.45, 7) is 2.54. The molecule has 0 heterocycles. The van der Waals surface area contributed by atoms with E-state index in [1.165, 1.54) is 18.4 Å². The van der Waals surface area contributed by atoms with Crippen LogP contribution in [0.5, 0.6) is 5.75 Å². The van der Waals surface area contributed by atoms with Crippen molar-refractivity contribution in [2.24, 2.45) is 5.73 Å². The highest BCUT2D eigenvalue weighted by molar-refractivity contribution is 6.32. The second kappa shape index (κ2) is 4.27. The van der Waals surface area contributed by atoms with E-state index >= 15 is 0 Å². The molecule has 88 valence electrons. The first kappa shape index (κ1) is 11.7. The summed E-state index contributed by atoms with van der Waals surface area (Å²) in [5, 5.41) is 10.1. The fourth-order valence-electron chi connectivity index (χ4n) is 2.71. The number of benzene rings is 1. The van der Waals surface area contributed by atoms with Crippen molar-refractivity contribution in [2.75, 3.05) is 6.54 Å². The van der Waals surface area contributed by atoms with Gasteiger partial charge in [0.1, 0.15) is 5.75 Å². The molecule has 0 atom stereocenters. The zero-order valence-electron chi connectivity index (χ0n) is 9.59. The molecule has 1 saturated carbocycles. The third-order valence-electron chi connectivity index (χ3n) is 3.82. The number of nitrogens with two attached hydrogens (primary N) is 1. The van der Waals surface area contributed by atoms with Crippen LogP contribution in [-0.2, 0) is 5.41 Å². The predicted octanol–water partition coefficient (Wildman–Crippen LogP) is 3.12. The Kier molecular flexibility index (Phi) is 3.13. The number of halogens is 1. The van der Waals surface area contributed by atoms with E-state index in [-0.39, 0.29) is 11.2 Å². The SMILES string of the molecule is Cc1cc(C2(CN)CCCC2)cc(Cl)c1O. The van der Waals surface area contributed by atoms with Crippen molar-refractivity contribution in [1.29, 1.82) is 0 Å². The first-order chi connectivity index (χ1) is 7.59. The monoisotopic (exact) mass is 239 g/mol. The Morgan fingerprint density at radius 2 is 2.00 bits per heavy atom. The van der Waals surface area contributed by atoms with Crippen LogP contribution in [0.2, 0.25) is 5.02 Å². The molecule has 0 aliphatic heterocycles. The molecule has 1 aromatic carbocycles. The zero-order valence-corrected chi connectivity index (χ0v) is 10.3. The van der Waals surface area contributed by atoms with Gasteiger partial charge in [-0.05, 0) is 37.0 Å². The molecule has 0 saturated heterocycles. The number of hydrogen-bond acceptors (Lipinski definition) is 2. The highest BCUT2D eigenvalue weighted by atomic mass is 35.5. The van der Waals surface area contributed by atoms with Crippen LogP contribution in [0.1, 0.15) is 36.8 Å². The van der Waals surface area contributed by atoms with Gasteiger partial charge >= 0.3 is 0 Å². The minimum Gasteiger partial charge on any atom is -0.506 e. The quantitative estimate of drug-likeness (QED) is 0.833. The van der Waals surface area contributed by atoms with Crippen molar-refractivity contribution in [3.05, 3.63) is 28.3 Å². The molecule has 1 aromatic rings. The maximum Gasteiger partial charge on any atom is 0.137 e. The lowest BCUT2D eigenvalue weighted by molar-refractivity contribution is 0.447. The minimum absolute atomic E-state index is 0.0854. The van der Waals surface area contributed by atoms with E-state index in [0.29, 0.717) is 11.6 Å². The maximum absolute atomic E-state index is 9.67. The lowest BCUT2D eigenvalue weighted by atomic mass is 9.78. The fourth-order valence-corrected chi connectivity index (χ4v) is 2.97. The predicted molar refractivity (Wildman–Crippen MR) is 67.1 cm³/mol. The molecular formula is C13H18ClNO. The maximum atomic E-state index is 9.67. The van der Waals surface area contributed by atoms with Gasteiger partial charge in [-0.3, -0.25) is 0 Å². The van der Waals surface area contributed by atoms with Gasteiger partial charge < -0.3 is 10.8 Å². The van der Waals surface area contributed by atoms with Gasteiger partial charge in [-0.25, -0.2) is 0 Å². The van der Waals surface area contributed by atoms with E-state index in [0.717, 1.165) is 18.4 Å². The normalized spacial score (nSPS) is 18.9. The van der Waals surface area contributed by atoms with Crippen molar-refractivity contribution in [1.82, 2.24) is 0 Å². The highest BCUT2D eigenvalue weighted by Gasteiger charge is 2.34. The average Bonchev–Trinajstić information content (AvgIpc) is 2.75. The third-order valence-corrected chi connectivity index (χ3v) is 4.11. The Bertz CT molecular complexity index is 374. The summed E-state index contributed by atoms with van der Waals surface area (Å²) in [6.07, 6.45) is 4.72. The molecule has 1 aliphatic carbocycles. The largest absolute Gasteiger partial charge is 0.506 e. The fraction of sp³-hybridized carbons (Fsp3) is 0.538. The molecule has 1 fully saturated rings. The van der Waals surface area contributed by atoms with Gasteiger partial charge in [-0.2, -0.15) is 0 Å². The van der Waals surface area contributed by atoms with Gasteiger partial charge in [0, 0.05) is 12.0 Å². The van der Waals surface area contributed by atoms with E-state index in [1.807, 2.05) is 19.1 Å². The molecule has 2 nitrogen and oxygen atoms in total. The minimum atomic E-state index is 0.0854. The summed E-state index contributed by atoms with van der Waals surface area (Å²) in [5.74, 6) is 0.190. The molecule has 0 radical (unpaired) electrons. The molecule has 3 N–H and O–H groups in total. The molecule has 16 heavy (non-hydrogen) atoms. The summed E-state index contributed by atoms with van der Waals surface area (Å²) < 4.78 is 0. The molecule has 2 rings (SSSR count). The lowest BCUT2D eigenvalue weighted by Gasteiger charge is -2.28. The van der Waals surface area contributed by atoms with E-state index in [9.17, 15) is 5.11 Å².